The lowest BCUT2D eigenvalue weighted by molar-refractivity contribution is -0.118. The number of piperidine rings is 1. The molecular formula is C18H18ClN3O3S. The summed E-state index contributed by atoms with van der Waals surface area (Å²) in [5.74, 6) is 0.253. The molecule has 2 aliphatic rings. The van der Waals surface area contributed by atoms with Crippen molar-refractivity contribution >= 4 is 33.3 Å². The SMILES string of the molecule is Cc1ccc(S(=O)(=O)N2CC3C(C2)C3C(=O)Nc2cccc(Cl)n2)cc1. The molecule has 2 heterocycles. The number of amides is 1. The Balaban J connectivity index is 1.40. The van der Waals surface area contributed by atoms with E-state index >= 15 is 0 Å². The summed E-state index contributed by atoms with van der Waals surface area (Å²) in [6.07, 6.45) is 0. The quantitative estimate of drug-likeness (QED) is 0.812. The van der Waals surface area contributed by atoms with Gasteiger partial charge in [0, 0.05) is 19.0 Å². The third-order valence-electron chi connectivity index (χ3n) is 5.09. The van der Waals surface area contributed by atoms with Crippen molar-refractivity contribution in [3.8, 4) is 0 Å². The van der Waals surface area contributed by atoms with E-state index in [4.69, 9.17) is 11.6 Å². The van der Waals surface area contributed by atoms with Gasteiger partial charge >= 0.3 is 0 Å². The molecule has 0 spiro atoms. The van der Waals surface area contributed by atoms with Gasteiger partial charge in [0.05, 0.1) is 4.90 Å². The van der Waals surface area contributed by atoms with Crippen LogP contribution in [-0.4, -0.2) is 36.7 Å². The van der Waals surface area contributed by atoms with Crippen LogP contribution in [0.25, 0.3) is 0 Å². The molecule has 2 fully saturated rings. The number of halogens is 1. The van der Waals surface area contributed by atoms with Crippen LogP contribution in [0.5, 0.6) is 0 Å². The summed E-state index contributed by atoms with van der Waals surface area (Å²) < 4.78 is 26.9. The molecule has 26 heavy (non-hydrogen) atoms. The number of rotatable bonds is 4. The zero-order valence-corrected chi connectivity index (χ0v) is 15.7. The summed E-state index contributed by atoms with van der Waals surface area (Å²) in [7, 11) is -3.50. The maximum Gasteiger partial charge on any atom is 0.243 e. The second-order valence-corrected chi connectivity index (χ2v) is 9.15. The van der Waals surface area contributed by atoms with E-state index in [-0.39, 0.29) is 23.7 Å². The number of carbonyl (C=O) groups excluding carboxylic acids is 1. The van der Waals surface area contributed by atoms with Crippen molar-refractivity contribution in [2.45, 2.75) is 11.8 Å². The fourth-order valence-corrected chi connectivity index (χ4v) is 5.30. The first kappa shape index (κ1) is 17.5. The molecule has 4 rings (SSSR count). The molecule has 1 aromatic heterocycles. The van der Waals surface area contributed by atoms with Gasteiger partial charge in [-0.2, -0.15) is 4.31 Å². The first-order valence-electron chi connectivity index (χ1n) is 8.36. The van der Waals surface area contributed by atoms with Gasteiger partial charge in [-0.05, 0) is 43.0 Å². The molecule has 0 bridgehead atoms. The number of carbonyl (C=O) groups is 1. The molecule has 1 aliphatic carbocycles. The molecule has 6 nitrogen and oxygen atoms in total. The van der Waals surface area contributed by atoms with Crippen LogP contribution in [0.1, 0.15) is 5.56 Å². The molecule has 1 saturated carbocycles. The van der Waals surface area contributed by atoms with E-state index in [9.17, 15) is 13.2 Å². The number of aryl methyl sites for hydroxylation is 1. The van der Waals surface area contributed by atoms with Crippen LogP contribution in [0.2, 0.25) is 5.15 Å². The third-order valence-corrected chi connectivity index (χ3v) is 7.14. The Morgan fingerprint density at radius 1 is 1.15 bits per heavy atom. The lowest BCUT2D eigenvalue weighted by Crippen LogP contribution is -2.33. The van der Waals surface area contributed by atoms with Crippen LogP contribution in [0.3, 0.4) is 0 Å². The molecule has 2 unspecified atom stereocenters. The molecule has 1 aliphatic heterocycles. The highest BCUT2D eigenvalue weighted by Crippen LogP contribution is 2.53. The minimum Gasteiger partial charge on any atom is -0.310 e. The van der Waals surface area contributed by atoms with Gasteiger partial charge in [0.2, 0.25) is 15.9 Å². The van der Waals surface area contributed by atoms with Crippen molar-refractivity contribution < 1.29 is 13.2 Å². The van der Waals surface area contributed by atoms with E-state index in [0.29, 0.717) is 29.0 Å². The van der Waals surface area contributed by atoms with Crippen molar-refractivity contribution in [3.63, 3.8) is 0 Å². The summed E-state index contributed by atoms with van der Waals surface area (Å²) in [6.45, 7) is 2.67. The highest BCUT2D eigenvalue weighted by atomic mass is 35.5. The number of hydrogen-bond acceptors (Lipinski definition) is 4. The second kappa shape index (κ2) is 6.33. The van der Waals surface area contributed by atoms with Crippen LogP contribution in [-0.2, 0) is 14.8 Å². The Morgan fingerprint density at radius 3 is 2.42 bits per heavy atom. The van der Waals surface area contributed by atoms with Gasteiger partial charge in [-0.1, -0.05) is 35.4 Å². The molecule has 136 valence electrons. The Kier molecular flexibility index (Phi) is 4.25. The zero-order valence-electron chi connectivity index (χ0n) is 14.1. The van der Waals surface area contributed by atoms with E-state index in [1.165, 1.54) is 4.31 Å². The van der Waals surface area contributed by atoms with Gasteiger partial charge < -0.3 is 5.32 Å². The van der Waals surface area contributed by atoms with Gasteiger partial charge in [0.15, 0.2) is 0 Å². The van der Waals surface area contributed by atoms with Gasteiger partial charge in [0.1, 0.15) is 11.0 Å². The Bertz CT molecular complexity index is 950. The van der Waals surface area contributed by atoms with Crippen molar-refractivity contribution in [2.24, 2.45) is 17.8 Å². The standard InChI is InChI=1S/C18H18ClN3O3S/c1-11-5-7-12(8-6-11)26(24,25)22-9-13-14(10-22)17(13)18(23)21-16-4-2-3-15(19)20-16/h2-8,13-14,17H,9-10H2,1H3,(H,20,21,23). The summed E-state index contributed by atoms with van der Waals surface area (Å²) in [5.41, 5.74) is 1.01. The van der Waals surface area contributed by atoms with Crippen LogP contribution < -0.4 is 5.32 Å². The third kappa shape index (κ3) is 3.11. The topological polar surface area (TPSA) is 79.4 Å². The van der Waals surface area contributed by atoms with E-state index in [1.807, 2.05) is 6.92 Å². The first-order valence-corrected chi connectivity index (χ1v) is 10.2. The van der Waals surface area contributed by atoms with Gasteiger partial charge in [-0.25, -0.2) is 13.4 Å². The maximum absolute atomic E-state index is 12.7. The molecular weight excluding hydrogens is 374 g/mol. The lowest BCUT2D eigenvalue weighted by atomic mass is 10.2. The lowest BCUT2D eigenvalue weighted by Gasteiger charge is -2.19. The number of fused-ring (bicyclic) bond motifs is 1. The molecule has 1 N–H and O–H groups in total. The Hall–Kier alpha value is -1.96. The predicted octanol–water partition coefficient (Wildman–Crippen LogP) is 2.55. The number of pyridine rings is 1. The average molecular weight is 392 g/mol. The number of aromatic nitrogens is 1. The van der Waals surface area contributed by atoms with Crippen LogP contribution in [0, 0.1) is 24.7 Å². The fraction of sp³-hybridized carbons (Fsp3) is 0.333. The number of anilines is 1. The number of sulfonamides is 1. The molecule has 2 atom stereocenters. The summed E-state index contributed by atoms with van der Waals surface area (Å²) in [4.78, 5) is 16.7. The second-order valence-electron chi connectivity index (χ2n) is 6.82. The van der Waals surface area contributed by atoms with Crippen molar-refractivity contribution in [2.75, 3.05) is 18.4 Å². The first-order chi connectivity index (χ1) is 12.4. The van der Waals surface area contributed by atoms with Gasteiger partial charge in [0.25, 0.3) is 0 Å². The molecule has 0 radical (unpaired) electrons. The van der Waals surface area contributed by atoms with Crippen molar-refractivity contribution in [1.82, 2.24) is 9.29 Å². The summed E-state index contributed by atoms with van der Waals surface area (Å²) in [6, 6.07) is 11.9. The fourth-order valence-electron chi connectivity index (χ4n) is 3.62. The minimum atomic E-state index is -3.50. The zero-order chi connectivity index (χ0) is 18.5. The number of nitrogens with one attached hydrogen (secondary N) is 1. The minimum absolute atomic E-state index is 0.0643. The summed E-state index contributed by atoms with van der Waals surface area (Å²) >= 11 is 5.82. The van der Waals surface area contributed by atoms with Gasteiger partial charge in [-0.3, -0.25) is 4.79 Å². The number of nitrogens with zero attached hydrogens (tertiary/aromatic N) is 2. The average Bonchev–Trinajstić information content (AvgIpc) is 3.09. The predicted molar refractivity (Wildman–Crippen MR) is 98.3 cm³/mol. The van der Waals surface area contributed by atoms with Crippen molar-refractivity contribution in [1.29, 1.82) is 0 Å². The highest BCUT2D eigenvalue weighted by Gasteiger charge is 2.61. The van der Waals surface area contributed by atoms with E-state index < -0.39 is 10.0 Å². The van der Waals surface area contributed by atoms with Crippen LogP contribution in [0.15, 0.2) is 47.4 Å². The Labute approximate surface area is 157 Å². The number of benzene rings is 1. The summed E-state index contributed by atoms with van der Waals surface area (Å²) in [5, 5.41) is 3.08. The normalized spacial score (nSPS) is 24.9. The smallest absolute Gasteiger partial charge is 0.243 e. The molecule has 1 aromatic carbocycles. The largest absolute Gasteiger partial charge is 0.310 e. The Morgan fingerprint density at radius 2 is 1.81 bits per heavy atom. The van der Waals surface area contributed by atoms with Crippen molar-refractivity contribution in [3.05, 3.63) is 53.2 Å². The van der Waals surface area contributed by atoms with E-state index in [0.717, 1.165) is 5.56 Å². The highest BCUT2D eigenvalue weighted by molar-refractivity contribution is 7.89. The van der Waals surface area contributed by atoms with E-state index in [1.54, 1.807) is 42.5 Å². The monoisotopic (exact) mass is 391 g/mol. The van der Waals surface area contributed by atoms with Crippen LogP contribution >= 0.6 is 11.6 Å². The molecule has 1 amide bonds. The molecule has 1 saturated heterocycles. The van der Waals surface area contributed by atoms with E-state index in [2.05, 4.69) is 10.3 Å². The maximum atomic E-state index is 12.7. The van der Waals surface area contributed by atoms with Gasteiger partial charge in [-0.15, -0.1) is 0 Å². The molecule has 2 aromatic rings. The van der Waals surface area contributed by atoms with Crippen LogP contribution in [0.4, 0.5) is 5.82 Å². The molecule has 8 heteroatoms. The number of hydrogen-bond donors (Lipinski definition) is 1.